The molecule has 2 rings (SSSR count). The first kappa shape index (κ1) is 13.8. The Bertz CT molecular complexity index is 572. The fourth-order valence-corrected chi connectivity index (χ4v) is 2.62. The summed E-state index contributed by atoms with van der Waals surface area (Å²) in [5.41, 5.74) is 7.41. The second kappa shape index (κ2) is 6.04. The number of rotatable bonds is 5. The standard InChI is InChI=1S/C13H15ClN2O2S/c1-17-11-5-8(14)10(6-12(11)18-2)16-7-13-9(15)3-4-19-13/h3-6,16H,7,15H2,1-2H3. The molecular formula is C13H15ClN2O2S. The topological polar surface area (TPSA) is 56.5 Å². The normalized spacial score (nSPS) is 10.3. The van der Waals surface area contributed by atoms with Crippen LogP contribution in [-0.2, 0) is 6.54 Å². The Morgan fingerprint density at radius 1 is 1.26 bits per heavy atom. The zero-order valence-electron chi connectivity index (χ0n) is 10.7. The summed E-state index contributed by atoms with van der Waals surface area (Å²) >= 11 is 7.80. The molecule has 2 aromatic rings. The van der Waals surface area contributed by atoms with Crippen molar-refractivity contribution in [1.29, 1.82) is 0 Å². The van der Waals surface area contributed by atoms with Crippen LogP contribution in [0.2, 0.25) is 5.02 Å². The number of nitrogens with two attached hydrogens (primary N) is 1. The molecule has 0 bridgehead atoms. The molecule has 0 atom stereocenters. The molecule has 6 heteroatoms. The summed E-state index contributed by atoms with van der Waals surface area (Å²) in [5.74, 6) is 1.24. The second-order valence-corrected chi connectivity index (χ2v) is 5.25. The molecular weight excluding hydrogens is 284 g/mol. The summed E-state index contributed by atoms with van der Waals surface area (Å²) in [4.78, 5) is 1.07. The number of ether oxygens (including phenoxy) is 2. The second-order valence-electron chi connectivity index (χ2n) is 3.84. The summed E-state index contributed by atoms with van der Waals surface area (Å²) in [5, 5.41) is 5.78. The SMILES string of the molecule is COc1cc(Cl)c(NCc2sccc2N)cc1OC. The van der Waals surface area contributed by atoms with E-state index in [-0.39, 0.29) is 0 Å². The lowest BCUT2D eigenvalue weighted by Crippen LogP contribution is -2.01. The van der Waals surface area contributed by atoms with Crippen LogP contribution in [0.4, 0.5) is 11.4 Å². The third-order valence-corrected chi connectivity index (χ3v) is 3.94. The molecule has 1 aromatic heterocycles. The highest BCUT2D eigenvalue weighted by Crippen LogP contribution is 2.36. The number of hydrogen-bond donors (Lipinski definition) is 2. The molecule has 19 heavy (non-hydrogen) atoms. The van der Waals surface area contributed by atoms with Crippen LogP contribution >= 0.6 is 22.9 Å². The summed E-state index contributed by atoms with van der Waals surface area (Å²) in [6, 6.07) is 5.42. The van der Waals surface area contributed by atoms with Gasteiger partial charge in [-0.05, 0) is 11.4 Å². The van der Waals surface area contributed by atoms with Gasteiger partial charge in [-0.15, -0.1) is 11.3 Å². The maximum atomic E-state index is 6.19. The number of halogens is 1. The van der Waals surface area contributed by atoms with Crippen molar-refractivity contribution >= 4 is 34.3 Å². The highest BCUT2D eigenvalue weighted by atomic mass is 35.5. The summed E-state index contributed by atoms with van der Waals surface area (Å²) in [6.45, 7) is 0.624. The lowest BCUT2D eigenvalue weighted by Gasteiger charge is -2.13. The third-order valence-electron chi connectivity index (χ3n) is 2.69. The smallest absolute Gasteiger partial charge is 0.162 e. The van der Waals surface area contributed by atoms with Crippen molar-refractivity contribution in [1.82, 2.24) is 0 Å². The van der Waals surface area contributed by atoms with E-state index in [2.05, 4.69) is 5.32 Å². The van der Waals surface area contributed by atoms with Crippen molar-refractivity contribution in [2.75, 3.05) is 25.3 Å². The van der Waals surface area contributed by atoms with E-state index in [4.69, 9.17) is 26.8 Å². The largest absolute Gasteiger partial charge is 0.493 e. The number of nitrogen functional groups attached to an aromatic ring is 1. The molecule has 0 unspecified atom stereocenters. The molecule has 0 aliphatic rings. The highest BCUT2D eigenvalue weighted by molar-refractivity contribution is 7.10. The van der Waals surface area contributed by atoms with E-state index in [0.717, 1.165) is 16.3 Å². The Labute approximate surface area is 121 Å². The van der Waals surface area contributed by atoms with Gasteiger partial charge in [-0.1, -0.05) is 11.6 Å². The van der Waals surface area contributed by atoms with Gasteiger partial charge in [0.1, 0.15) is 0 Å². The molecule has 0 saturated carbocycles. The maximum absolute atomic E-state index is 6.19. The van der Waals surface area contributed by atoms with Gasteiger partial charge in [0.2, 0.25) is 0 Å². The Balaban J connectivity index is 2.18. The summed E-state index contributed by atoms with van der Waals surface area (Å²) in [6.07, 6.45) is 0. The van der Waals surface area contributed by atoms with Gasteiger partial charge in [-0.3, -0.25) is 0 Å². The zero-order valence-corrected chi connectivity index (χ0v) is 12.3. The molecule has 0 amide bonds. The van der Waals surface area contributed by atoms with Crippen LogP contribution in [0.5, 0.6) is 11.5 Å². The van der Waals surface area contributed by atoms with Crippen molar-refractivity contribution in [3.8, 4) is 11.5 Å². The molecule has 4 nitrogen and oxygen atoms in total. The number of thiophene rings is 1. The first-order valence-electron chi connectivity index (χ1n) is 5.63. The summed E-state index contributed by atoms with van der Waals surface area (Å²) in [7, 11) is 3.17. The van der Waals surface area contributed by atoms with Crippen molar-refractivity contribution in [2.45, 2.75) is 6.54 Å². The molecule has 0 saturated heterocycles. The van der Waals surface area contributed by atoms with E-state index in [0.29, 0.717) is 23.1 Å². The van der Waals surface area contributed by atoms with Crippen molar-refractivity contribution in [3.05, 3.63) is 33.5 Å². The average Bonchev–Trinajstić information content (AvgIpc) is 2.82. The van der Waals surface area contributed by atoms with Crippen LogP contribution < -0.4 is 20.5 Å². The zero-order chi connectivity index (χ0) is 13.8. The van der Waals surface area contributed by atoms with Gasteiger partial charge < -0.3 is 20.5 Å². The number of methoxy groups -OCH3 is 2. The Morgan fingerprint density at radius 3 is 2.53 bits per heavy atom. The van der Waals surface area contributed by atoms with Gasteiger partial charge >= 0.3 is 0 Å². The highest BCUT2D eigenvalue weighted by Gasteiger charge is 2.10. The molecule has 1 heterocycles. The van der Waals surface area contributed by atoms with Gasteiger partial charge in [0.25, 0.3) is 0 Å². The van der Waals surface area contributed by atoms with Crippen LogP contribution in [0.1, 0.15) is 4.88 Å². The minimum Gasteiger partial charge on any atom is -0.493 e. The summed E-state index contributed by atoms with van der Waals surface area (Å²) < 4.78 is 10.4. The molecule has 0 fully saturated rings. The number of nitrogens with one attached hydrogen (secondary N) is 1. The van der Waals surface area contributed by atoms with E-state index in [1.807, 2.05) is 17.5 Å². The minimum atomic E-state index is 0.577. The van der Waals surface area contributed by atoms with Crippen molar-refractivity contribution in [3.63, 3.8) is 0 Å². The quantitative estimate of drug-likeness (QED) is 0.885. The Hall–Kier alpha value is -1.59. The molecule has 0 aliphatic carbocycles. The van der Waals surface area contributed by atoms with Crippen LogP contribution in [-0.4, -0.2) is 14.2 Å². The monoisotopic (exact) mass is 298 g/mol. The predicted molar refractivity (Wildman–Crippen MR) is 80.6 cm³/mol. The molecule has 0 radical (unpaired) electrons. The Kier molecular flexibility index (Phi) is 4.39. The van der Waals surface area contributed by atoms with E-state index in [1.165, 1.54) is 0 Å². The fraction of sp³-hybridized carbons (Fsp3) is 0.231. The van der Waals surface area contributed by atoms with Gasteiger partial charge in [0.15, 0.2) is 11.5 Å². The lowest BCUT2D eigenvalue weighted by molar-refractivity contribution is 0.355. The van der Waals surface area contributed by atoms with E-state index < -0.39 is 0 Å². The lowest BCUT2D eigenvalue weighted by atomic mass is 10.2. The third kappa shape index (κ3) is 3.05. The molecule has 0 aliphatic heterocycles. The Morgan fingerprint density at radius 2 is 1.95 bits per heavy atom. The van der Waals surface area contributed by atoms with Crippen LogP contribution in [0.15, 0.2) is 23.6 Å². The maximum Gasteiger partial charge on any atom is 0.162 e. The first-order chi connectivity index (χ1) is 9.15. The molecule has 1 aromatic carbocycles. The van der Waals surface area contributed by atoms with Crippen LogP contribution in [0, 0.1) is 0 Å². The van der Waals surface area contributed by atoms with Gasteiger partial charge in [-0.25, -0.2) is 0 Å². The van der Waals surface area contributed by atoms with E-state index >= 15 is 0 Å². The number of benzene rings is 1. The molecule has 3 N–H and O–H groups in total. The fourth-order valence-electron chi connectivity index (χ4n) is 1.66. The van der Waals surface area contributed by atoms with Crippen LogP contribution in [0.3, 0.4) is 0 Å². The average molecular weight is 299 g/mol. The minimum absolute atomic E-state index is 0.577. The first-order valence-corrected chi connectivity index (χ1v) is 6.88. The number of hydrogen-bond acceptors (Lipinski definition) is 5. The molecule has 102 valence electrons. The molecule has 0 spiro atoms. The van der Waals surface area contributed by atoms with E-state index in [1.54, 1.807) is 31.6 Å². The predicted octanol–water partition coefficient (Wildman–Crippen LogP) is 3.61. The van der Waals surface area contributed by atoms with Crippen LogP contribution in [0.25, 0.3) is 0 Å². The van der Waals surface area contributed by atoms with Gasteiger partial charge in [0, 0.05) is 22.7 Å². The van der Waals surface area contributed by atoms with Gasteiger partial charge in [-0.2, -0.15) is 0 Å². The number of anilines is 2. The van der Waals surface area contributed by atoms with Gasteiger partial charge in [0.05, 0.1) is 31.5 Å². The van der Waals surface area contributed by atoms with Crippen molar-refractivity contribution in [2.24, 2.45) is 0 Å². The van der Waals surface area contributed by atoms with E-state index in [9.17, 15) is 0 Å². The van der Waals surface area contributed by atoms with Crippen molar-refractivity contribution < 1.29 is 9.47 Å².